The molecule has 1 aromatic heterocycles. The average Bonchev–Trinajstić information content (AvgIpc) is 3.33. The van der Waals surface area contributed by atoms with Gasteiger partial charge in [0.1, 0.15) is 16.8 Å². The SMILES string of the molecule is COC(=O)c1cccc2nc([C@H]3CCN(Cc4cccc(OC)c4)C3)oc12. The molecule has 0 spiro atoms. The largest absolute Gasteiger partial charge is 0.497 e. The van der Waals surface area contributed by atoms with Crippen LogP contribution in [0.25, 0.3) is 11.1 Å². The summed E-state index contributed by atoms with van der Waals surface area (Å²) in [7, 11) is 3.05. The highest BCUT2D eigenvalue weighted by molar-refractivity contribution is 6.00. The molecule has 27 heavy (non-hydrogen) atoms. The van der Waals surface area contributed by atoms with E-state index < -0.39 is 5.97 Å². The Morgan fingerprint density at radius 2 is 2.11 bits per heavy atom. The average molecular weight is 366 g/mol. The molecule has 0 unspecified atom stereocenters. The van der Waals surface area contributed by atoms with Crippen LogP contribution in [-0.2, 0) is 11.3 Å². The van der Waals surface area contributed by atoms with Crippen LogP contribution in [0.1, 0.15) is 34.2 Å². The Hall–Kier alpha value is -2.86. The first-order valence-electron chi connectivity index (χ1n) is 9.01. The van der Waals surface area contributed by atoms with Crippen molar-refractivity contribution in [3.63, 3.8) is 0 Å². The summed E-state index contributed by atoms with van der Waals surface area (Å²) in [5.41, 5.74) is 2.84. The Labute approximate surface area is 157 Å². The van der Waals surface area contributed by atoms with Gasteiger partial charge in [0.25, 0.3) is 0 Å². The van der Waals surface area contributed by atoms with Crippen LogP contribution in [-0.4, -0.2) is 43.2 Å². The van der Waals surface area contributed by atoms with E-state index in [1.165, 1.54) is 12.7 Å². The van der Waals surface area contributed by atoms with Crippen molar-refractivity contribution in [2.75, 3.05) is 27.3 Å². The lowest BCUT2D eigenvalue weighted by Crippen LogP contribution is -2.19. The molecule has 0 amide bonds. The van der Waals surface area contributed by atoms with Crippen LogP contribution in [0, 0.1) is 0 Å². The highest BCUT2D eigenvalue weighted by atomic mass is 16.5. The van der Waals surface area contributed by atoms with Crippen LogP contribution in [0.4, 0.5) is 0 Å². The maximum atomic E-state index is 11.9. The third-order valence-electron chi connectivity index (χ3n) is 5.00. The minimum absolute atomic E-state index is 0.216. The van der Waals surface area contributed by atoms with Gasteiger partial charge in [-0.05, 0) is 42.8 Å². The molecule has 0 bridgehead atoms. The molecule has 0 N–H and O–H groups in total. The van der Waals surface area contributed by atoms with Gasteiger partial charge in [0.15, 0.2) is 11.5 Å². The molecule has 0 aliphatic carbocycles. The van der Waals surface area contributed by atoms with Gasteiger partial charge in [0.2, 0.25) is 0 Å². The summed E-state index contributed by atoms with van der Waals surface area (Å²) in [5, 5.41) is 0. The molecule has 4 rings (SSSR count). The van der Waals surface area contributed by atoms with Gasteiger partial charge < -0.3 is 13.9 Å². The third-order valence-corrected chi connectivity index (χ3v) is 5.00. The molecule has 1 aliphatic rings. The number of rotatable bonds is 5. The fourth-order valence-electron chi connectivity index (χ4n) is 3.62. The molecule has 1 aliphatic heterocycles. The summed E-state index contributed by atoms with van der Waals surface area (Å²) >= 11 is 0. The molecule has 1 saturated heterocycles. The van der Waals surface area contributed by atoms with Gasteiger partial charge in [-0.2, -0.15) is 0 Å². The van der Waals surface area contributed by atoms with Crippen molar-refractivity contribution >= 4 is 17.1 Å². The summed E-state index contributed by atoms with van der Waals surface area (Å²) < 4.78 is 16.1. The number of hydrogen-bond acceptors (Lipinski definition) is 6. The van der Waals surface area contributed by atoms with Crippen LogP contribution in [0.3, 0.4) is 0 Å². The van der Waals surface area contributed by atoms with Gasteiger partial charge in [0.05, 0.1) is 14.2 Å². The van der Waals surface area contributed by atoms with Crippen LogP contribution < -0.4 is 4.74 Å². The van der Waals surface area contributed by atoms with Crippen molar-refractivity contribution in [1.29, 1.82) is 0 Å². The Balaban J connectivity index is 1.51. The third kappa shape index (κ3) is 3.53. The number of carbonyl (C=O) groups is 1. The molecule has 3 aromatic rings. The van der Waals surface area contributed by atoms with E-state index in [1.54, 1.807) is 19.2 Å². The molecule has 1 fully saturated rings. The standard InChI is InChI=1S/C21H22N2O4/c1-25-16-6-3-5-14(11-16)12-23-10-9-15(13-23)20-22-18-8-4-7-17(19(18)27-20)21(24)26-2/h3-8,11,15H,9-10,12-13H2,1-2H3/t15-/m0/s1. The monoisotopic (exact) mass is 366 g/mol. The maximum Gasteiger partial charge on any atom is 0.341 e. The number of carbonyl (C=O) groups excluding carboxylic acids is 1. The zero-order valence-corrected chi connectivity index (χ0v) is 15.5. The summed E-state index contributed by atoms with van der Waals surface area (Å²) in [6.07, 6.45) is 0.977. The molecule has 0 saturated carbocycles. The predicted molar refractivity (Wildman–Crippen MR) is 101 cm³/mol. The maximum absolute atomic E-state index is 11.9. The smallest absolute Gasteiger partial charge is 0.341 e. The fraction of sp³-hybridized carbons (Fsp3) is 0.333. The first-order valence-corrected chi connectivity index (χ1v) is 9.01. The first kappa shape index (κ1) is 17.5. The van der Waals surface area contributed by atoms with Gasteiger partial charge in [-0.15, -0.1) is 0 Å². The number of esters is 1. The molecule has 2 heterocycles. The van der Waals surface area contributed by atoms with E-state index in [0.717, 1.165) is 31.8 Å². The van der Waals surface area contributed by atoms with Crippen LogP contribution in [0.15, 0.2) is 46.9 Å². The zero-order chi connectivity index (χ0) is 18.8. The predicted octanol–water partition coefficient (Wildman–Crippen LogP) is 3.61. The van der Waals surface area contributed by atoms with Gasteiger partial charge >= 0.3 is 5.97 Å². The Kier molecular flexibility index (Phi) is 4.81. The number of para-hydroxylation sites is 1. The number of ether oxygens (including phenoxy) is 2. The van der Waals surface area contributed by atoms with Crippen molar-refractivity contribution in [2.45, 2.75) is 18.9 Å². The second-order valence-electron chi connectivity index (χ2n) is 6.77. The molecule has 0 radical (unpaired) electrons. The summed E-state index contributed by atoms with van der Waals surface area (Å²) in [5.74, 6) is 1.37. The van der Waals surface area contributed by atoms with Crippen LogP contribution >= 0.6 is 0 Å². The molecular formula is C21H22N2O4. The number of oxazole rings is 1. The van der Waals surface area contributed by atoms with Crippen LogP contribution in [0.5, 0.6) is 5.75 Å². The van der Waals surface area contributed by atoms with E-state index in [4.69, 9.17) is 13.9 Å². The lowest BCUT2D eigenvalue weighted by molar-refractivity contribution is 0.0601. The molecule has 140 valence electrons. The van der Waals surface area contributed by atoms with Crippen molar-refractivity contribution in [3.05, 3.63) is 59.5 Å². The van der Waals surface area contributed by atoms with Crippen molar-refractivity contribution in [3.8, 4) is 5.75 Å². The van der Waals surface area contributed by atoms with Gasteiger partial charge in [-0.25, -0.2) is 9.78 Å². The van der Waals surface area contributed by atoms with Crippen molar-refractivity contribution in [2.24, 2.45) is 0 Å². The number of hydrogen-bond donors (Lipinski definition) is 0. The highest BCUT2D eigenvalue weighted by Crippen LogP contribution is 2.31. The number of methoxy groups -OCH3 is 2. The molecule has 2 aromatic carbocycles. The lowest BCUT2D eigenvalue weighted by Gasteiger charge is -2.15. The minimum atomic E-state index is -0.408. The van der Waals surface area contributed by atoms with Crippen molar-refractivity contribution < 1.29 is 18.7 Å². The van der Waals surface area contributed by atoms with Crippen molar-refractivity contribution in [1.82, 2.24) is 9.88 Å². The molecule has 6 heteroatoms. The highest BCUT2D eigenvalue weighted by Gasteiger charge is 2.28. The van der Waals surface area contributed by atoms with Gasteiger partial charge in [-0.3, -0.25) is 4.90 Å². The second kappa shape index (κ2) is 7.40. The summed E-state index contributed by atoms with van der Waals surface area (Å²) in [6, 6.07) is 13.5. The summed E-state index contributed by atoms with van der Waals surface area (Å²) in [6.45, 7) is 2.71. The second-order valence-corrected chi connectivity index (χ2v) is 6.77. The lowest BCUT2D eigenvalue weighted by atomic mass is 10.1. The normalized spacial score (nSPS) is 17.3. The minimum Gasteiger partial charge on any atom is -0.497 e. The van der Waals surface area contributed by atoms with E-state index in [0.29, 0.717) is 22.6 Å². The quantitative estimate of drug-likeness (QED) is 0.643. The first-order chi connectivity index (χ1) is 13.2. The molecule has 1 atom stereocenters. The van der Waals surface area contributed by atoms with E-state index >= 15 is 0 Å². The topological polar surface area (TPSA) is 64.8 Å². The van der Waals surface area contributed by atoms with Gasteiger partial charge in [0, 0.05) is 19.0 Å². The molecular weight excluding hydrogens is 344 g/mol. The summed E-state index contributed by atoms with van der Waals surface area (Å²) in [4.78, 5) is 18.9. The number of fused-ring (bicyclic) bond motifs is 1. The fourth-order valence-corrected chi connectivity index (χ4v) is 3.62. The zero-order valence-electron chi connectivity index (χ0n) is 15.5. The number of benzene rings is 2. The van der Waals surface area contributed by atoms with Crippen LogP contribution in [0.2, 0.25) is 0 Å². The van der Waals surface area contributed by atoms with Gasteiger partial charge in [-0.1, -0.05) is 18.2 Å². The Morgan fingerprint density at radius 3 is 2.93 bits per heavy atom. The number of nitrogens with zero attached hydrogens (tertiary/aromatic N) is 2. The van der Waals surface area contributed by atoms with E-state index in [9.17, 15) is 4.79 Å². The Bertz CT molecular complexity index is 966. The number of likely N-dealkylation sites (tertiary alicyclic amines) is 1. The number of aromatic nitrogens is 1. The van der Waals surface area contributed by atoms with E-state index in [-0.39, 0.29) is 5.92 Å². The van der Waals surface area contributed by atoms with E-state index in [1.807, 2.05) is 18.2 Å². The van der Waals surface area contributed by atoms with E-state index in [2.05, 4.69) is 22.0 Å². The Morgan fingerprint density at radius 1 is 1.26 bits per heavy atom. The molecule has 6 nitrogen and oxygen atoms in total.